The third-order valence-corrected chi connectivity index (χ3v) is 3.98. The van der Waals surface area contributed by atoms with E-state index in [4.69, 9.17) is 11.6 Å². The molecule has 0 saturated carbocycles. The van der Waals surface area contributed by atoms with E-state index in [2.05, 4.69) is 15.9 Å². The maximum atomic E-state index is 12.3. The van der Waals surface area contributed by atoms with Gasteiger partial charge in [0, 0.05) is 34.1 Å². The van der Waals surface area contributed by atoms with Crippen LogP contribution in [0.5, 0.6) is 0 Å². The summed E-state index contributed by atoms with van der Waals surface area (Å²) in [6.07, 6.45) is 0.486. The topological polar surface area (TPSA) is 40.5 Å². The highest BCUT2D eigenvalue weighted by Gasteiger charge is 2.29. The first kappa shape index (κ1) is 13.8. The first-order chi connectivity index (χ1) is 8.47. The fraction of sp³-hybridized carbons (Fsp3) is 0.462. The number of carbonyl (C=O) groups is 1. The smallest absolute Gasteiger partial charge is 0.253 e. The number of likely N-dealkylation sites (tertiary alicyclic amines) is 1. The van der Waals surface area contributed by atoms with Crippen LogP contribution in [0.1, 0.15) is 23.7 Å². The minimum Gasteiger partial charge on any atom is -0.393 e. The summed E-state index contributed by atoms with van der Waals surface area (Å²) in [4.78, 5) is 14.1. The van der Waals surface area contributed by atoms with Crippen molar-refractivity contribution in [2.75, 3.05) is 13.1 Å². The van der Waals surface area contributed by atoms with Crippen LogP contribution in [0.25, 0.3) is 0 Å². The molecule has 5 heteroatoms. The van der Waals surface area contributed by atoms with Crippen LogP contribution in [0.4, 0.5) is 0 Å². The molecule has 3 nitrogen and oxygen atoms in total. The van der Waals surface area contributed by atoms with Crippen molar-refractivity contribution in [2.45, 2.75) is 19.4 Å². The van der Waals surface area contributed by atoms with Crippen LogP contribution < -0.4 is 0 Å². The number of nitrogens with zero attached hydrogens (tertiary/aromatic N) is 1. The Morgan fingerprint density at radius 2 is 2.28 bits per heavy atom. The summed E-state index contributed by atoms with van der Waals surface area (Å²) in [5.74, 6) is 0.151. The third kappa shape index (κ3) is 3.05. The minimum absolute atomic E-state index is 0.0265. The zero-order valence-corrected chi connectivity index (χ0v) is 12.4. The second kappa shape index (κ2) is 5.59. The molecule has 18 heavy (non-hydrogen) atoms. The van der Waals surface area contributed by atoms with Crippen molar-refractivity contribution in [1.29, 1.82) is 0 Å². The number of rotatable bonds is 2. The van der Waals surface area contributed by atoms with Gasteiger partial charge in [0.25, 0.3) is 5.91 Å². The van der Waals surface area contributed by atoms with E-state index < -0.39 is 0 Å². The fourth-order valence-electron chi connectivity index (χ4n) is 2.23. The number of carbonyl (C=O) groups excluding carboxylic acids is 1. The first-order valence-electron chi connectivity index (χ1n) is 5.91. The molecule has 1 amide bonds. The van der Waals surface area contributed by atoms with E-state index in [1.54, 1.807) is 30.0 Å². The molecular weight excluding hydrogens is 318 g/mol. The number of aliphatic hydroxyl groups excluding tert-OH is 1. The predicted octanol–water partition coefficient (Wildman–Crippen LogP) is 2.95. The lowest BCUT2D eigenvalue weighted by Crippen LogP contribution is -2.30. The summed E-state index contributed by atoms with van der Waals surface area (Å²) < 4.78 is 0.796. The van der Waals surface area contributed by atoms with E-state index in [-0.39, 0.29) is 17.9 Å². The van der Waals surface area contributed by atoms with Gasteiger partial charge in [-0.2, -0.15) is 0 Å². The van der Waals surface area contributed by atoms with Gasteiger partial charge in [-0.25, -0.2) is 0 Å². The van der Waals surface area contributed by atoms with Gasteiger partial charge in [-0.3, -0.25) is 4.79 Å². The molecule has 98 valence electrons. The molecule has 1 aliphatic heterocycles. The summed E-state index contributed by atoms with van der Waals surface area (Å²) in [7, 11) is 0. The van der Waals surface area contributed by atoms with Crippen LogP contribution in [-0.2, 0) is 0 Å². The molecule has 1 aliphatic rings. The maximum Gasteiger partial charge on any atom is 0.253 e. The average Bonchev–Trinajstić information content (AvgIpc) is 2.75. The van der Waals surface area contributed by atoms with Gasteiger partial charge in [-0.1, -0.05) is 27.5 Å². The lowest BCUT2D eigenvalue weighted by molar-refractivity contribution is 0.0762. The zero-order valence-electron chi connectivity index (χ0n) is 10.1. The van der Waals surface area contributed by atoms with Gasteiger partial charge in [0.2, 0.25) is 0 Å². The molecule has 2 atom stereocenters. The third-order valence-electron chi connectivity index (χ3n) is 3.30. The summed E-state index contributed by atoms with van der Waals surface area (Å²) in [5, 5.41) is 10.1. The molecule has 1 aromatic carbocycles. The number of aliphatic hydroxyl groups is 1. The van der Waals surface area contributed by atoms with Crippen LogP contribution in [0.2, 0.25) is 5.02 Å². The normalized spacial score (nSPS) is 21.1. The number of halogens is 2. The molecule has 1 N–H and O–H groups in total. The van der Waals surface area contributed by atoms with Crippen molar-refractivity contribution in [3.05, 3.63) is 33.3 Å². The number of amides is 1. The minimum atomic E-state index is -0.367. The second-order valence-electron chi connectivity index (χ2n) is 4.70. The molecule has 0 spiro atoms. The lowest BCUT2D eigenvalue weighted by atomic mass is 10.0. The molecule has 0 radical (unpaired) electrons. The Morgan fingerprint density at radius 3 is 2.83 bits per heavy atom. The molecular formula is C13H15BrClNO2. The summed E-state index contributed by atoms with van der Waals surface area (Å²) in [5.41, 5.74) is 0.584. The number of benzene rings is 1. The van der Waals surface area contributed by atoms with Gasteiger partial charge in [0.05, 0.1) is 6.10 Å². The second-order valence-corrected chi connectivity index (χ2v) is 6.05. The molecule has 2 unspecified atom stereocenters. The van der Waals surface area contributed by atoms with E-state index in [0.29, 0.717) is 23.7 Å². The Bertz CT molecular complexity index is 444. The Balaban J connectivity index is 2.12. The standard InChI is InChI=1S/C13H15BrClNO2/c1-8(17)9-2-3-16(7-9)13(18)10-4-11(14)6-12(15)5-10/h4-6,8-9,17H,2-3,7H2,1H3. The number of hydrogen-bond donors (Lipinski definition) is 1. The molecule has 0 bridgehead atoms. The lowest BCUT2D eigenvalue weighted by Gasteiger charge is -2.18. The van der Waals surface area contributed by atoms with Crippen molar-refractivity contribution in [3.63, 3.8) is 0 Å². The summed E-state index contributed by atoms with van der Waals surface area (Å²) >= 11 is 9.27. The van der Waals surface area contributed by atoms with E-state index in [1.165, 1.54) is 0 Å². The monoisotopic (exact) mass is 331 g/mol. The predicted molar refractivity (Wildman–Crippen MR) is 74.8 cm³/mol. The molecule has 0 aliphatic carbocycles. The van der Waals surface area contributed by atoms with Crippen molar-refractivity contribution in [3.8, 4) is 0 Å². The van der Waals surface area contributed by atoms with Gasteiger partial charge in [-0.15, -0.1) is 0 Å². The van der Waals surface area contributed by atoms with Gasteiger partial charge in [0.15, 0.2) is 0 Å². The molecule has 1 saturated heterocycles. The van der Waals surface area contributed by atoms with Crippen LogP contribution >= 0.6 is 27.5 Å². The van der Waals surface area contributed by atoms with Gasteiger partial charge in [0.1, 0.15) is 0 Å². The molecule has 2 rings (SSSR count). The zero-order chi connectivity index (χ0) is 13.3. The molecule has 1 heterocycles. The van der Waals surface area contributed by atoms with Crippen molar-refractivity contribution in [1.82, 2.24) is 4.90 Å². The largest absolute Gasteiger partial charge is 0.393 e. The van der Waals surface area contributed by atoms with Crippen LogP contribution in [0.3, 0.4) is 0 Å². The van der Waals surface area contributed by atoms with Crippen molar-refractivity contribution >= 4 is 33.4 Å². The molecule has 1 aromatic rings. The van der Waals surface area contributed by atoms with Gasteiger partial charge in [-0.05, 0) is 31.5 Å². The molecule has 1 fully saturated rings. The Kier molecular flexibility index (Phi) is 4.30. The highest BCUT2D eigenvalue weighted by molar-refractivity contribution is 9.10. The Labute approximate surface area is 120 Å². The maximum absolute atomic E-state index is 12.3. The van der Waals surface area contributed by atoms with E-state index in [0.717, 1.165) is 10.9 Å². The Morgan fingerprint density at radius 1 is 1.56 bits per heavy atom. The van der Waals surface area contributed by atoms with Crippen molar-refractivity contribution in [2.24, 2.45) is 5.92 Å². The highest BCUT2D eigenvalue weighted by Crippen LogP contribution is 2.24. The Hall–Kier alpha value is -0.580. The van der Waals surface area contributed by atoms with Gasteiger partial charge >= 0.3 is 0 Å². The van der Waals surface area contributed by atoms with Crippen LogP contribution in [0, 0.1) is 5.92 Å². The summed E-state index contributed by atoms with van der Waals surface area (Å²) in [6, 6.07) is 5.19. The number of hydrogen-bond acceptors (Lipinski definition) is 2. The van der Waals surface area contributed by atoms with E-state index in [1.807, 2.05) is 0 Å². The van der Waals surface area contributed by atoms with Crippen LogP contribution in [-0.4, -0.2) is 35.1 Å². The molecule has 0 aromatic heterocycles. The van der Waals surface area contributed by atoms with Gasteiger partial charge < -0.3 is 10.0 Å². The summed E-state index contributed by atoms with van der Waals surface area (Å²) in [6.45, 7) is 3.08. The quantitative estimate of drug-likeness (QED) is 0.904. The average molecular weight is 333 g/mol. The SMILES string of the molecule is CC(O)C1CCN(C(=O)c2cc(Cl)cc(Br)c2)C1. The van der Waals surface area contributed by atoms with Crippen molar-refractivity contribution < 1.29 is 9.90 Å². The van der Waals surface area contributed by atoms with E-state index in [9.17, 15) is 9.90 Å². The fourth-order valence-corrected chi connectivity index (χ4v) is 3.09. The van der Waals surface area contributed by atoms with E-state index >= 15 is 0 Å². The van der Waals surface area contributed by atoms with Crippen LogP contribution in [0.15, 0.2) is 22.7 Å². The highest BCUT2D eigenvalue weighted by atomic mass is 79.9. The first-order valence-corrected chi connectivity index (χ1v) is 7.08.